The SMILES string of the molecule is Cc1nn(-c2ccccc2)c(C)c1NC(=O)CSc1nnnn1-c1ccc(OC(F)(F)F)cc1. The number of tetrazole rings is 1. The number of halogens is 3. The molecule has 13 heteroatoms. The van der Waals surface area contributed by atoms with Gasteiger partial charge in [-0.25, -0.2) is 4.68 Å². The second-order valence-electron chi connectivity index (χ2n) is 7.04. The Morgan fingerprint density at radius 3 is 2.38 bits per heavy atom. The number of amides is 1. The number of thioether (sulfide) groups is 1. The van der Waals surface area contributed by atoms with E-state index in [1.807, 2.05) is 44.2 Å². The number of rotatable bonds is 7. The summed E-state index contributed by atoms with van der Waals surface area (Å²) >= 11 is 1.08. The van der Waals surface area contributed by atoms with E-state index in [1.165, 1.54) is 16.8 Å². The quantitative estimate of drug-likeness (QED) is 0.390. The van der Waals surface area contributed by atoms with Gasteiger partial charge < -0.3 is 10.1 Å². The van der Waals surface area contributed by atoms with E-state index in [0.29, 0.717) is 22.2 Å². The van der Waals surface area contributed by atoms with Gasteiger partial charge in [0, 0.05) is 0 Å². The normalized spacial score (nSPS) is 11.4. The highest BCUT2D eigenvalue weighted by Gasteiger charge is 2.31. The van der Waals surface area contributed by atoms with Crippen LogP contribution in [0.4, 0.5) is 18.9 Å². The van der Waals surface area contributed by atoms with Crippen molar-refractivity contribution < 1.29 is 22.7 Å². The minimum Gasteiger partial charge on any atom is -0.406 e. The maximum atomic E-state index is 12.6. The zero-order chi connectivity index (χ0) is 24.3. The number of hydrogen-bond acceptors (Lipinski definition) is 7. The number of carbonyl (C=O) groups excluding carboxylic acids is 1. The molecule has 1 N–H and O–H groups in total. The van der Waals surface area contributed by atoms with Gasteiger partial charge in [-0.1, -0.05) is 30.0 Å². The Labute approximate surface area is 195 Å². The molecular formula is C21H18F3N7O2S. The van der Waals surface area contributed by atoms with Gasteiger partial charge in [0.25, 0.3) is 0 Å². The van der Waals surface area contributed by atoms with Crippen LogP contribution in [-0.2, 0) is 4.79 Å². The lowest BCUT2D eigenvalue weighted by atomic mass is 10.3. The van der Waals surface area contributed by atoms with Crippen LogP contribution in [0.2, 0.25) is 0 Å². The van der Waals surface area contributed by atoms with E-state index in [4.69, 9.17) is 0 Å². The van der Waals surface area contributed by atoms with Crippen molar-refractivity contribution in [1.82, 2.24) is 30.0 Å². The number of ether oxygens (including phenoxy) is 1. The summed E-state index contributed by atoms with van der Waals surface area (Å²) in [6.45, 7) is 3.67. The predicted molar refractivity (Wildman–Crippen MR) is 118 cm³/mol. The number of nitrogens with one attached hydrogen (secondary N) is 1. The molecule has 34 heavy (non-hydrogen) atoms. The number of aromatic nitrogens is 6. The van der Waals surface area contributed by atoms with Crippen LogP contribution in [0.25, 0.3) is 11.4 Å². The first-order valence-corrected chi connectivity index (χ1v) is 10.9. The Kier molecular flexibility index (Phi) is 6.54. The molecule has 0 fully saturated rings. The smallest absolute Gasteiger partial charge is 0.406 e. The number of para-hydroxylation sites is 1. The van der Waals surface area contributed by atoms with E-state index in [-0.39, 0.29) is 17.4 Å². The Balaban J connectivity index is 1.42. The molecule has 0 aliphatic heterocycles. The average molecular weight is 489 g/mol. The largest absolute Gasteiger partial charge is 0.573 e. The van der Waals surface area contributed by atoms with Gasteiger partial charge in [0.05, 0.1) is 34.2 Å². The lowest BCUT2D eigenvalue weighted by Gasteiger charge is -2.10. The highest BCUT2D eigenvalue weighted by atomic mass is 32.2. The Morgan fingerprint density at radius 2 is 1.71 bits per heavy atom. The van der Waals surface area contributed by atoms with Crippen molar-refractivity contribution in [3.8, 4) is 17.1 Å². The number of carbonyl (C=O) groups is 1. The third kappa shape index (κ3) is 5.36. The fourth-order valence-electron chi connectivity index (χ4n) is 3.17. The van der Waals surface area contributed by atoms with E-state index in [9.17, 15) is 18.0 Å². The number of hydrogen-bond donors (Lipinski definition) is 1. The van der Waals surface area contributed by atoms with Crippen LogP contribution in [0.15, 0.2) is 59.8 Å². The average Bonchev–Trinajstić information content (AvgIpc) is 3.38. The molecule has 0 spiro atoms. The second-order valence-corrected chi connectivity index (χ2v) is 7.99. The monoisotopic (exact) mass is 489 g/mol. The summed E-state index contributed by atoms with van der Waals surface area (Å²) < 4.78 is 44.0. The summed E-state index contributed by atoms with van der Waals surface area (Å²) in [5.41, 5.74) is 3.37. The Hall–Kier alpha value is -3.87. The first-order valence-electron chi connectivity index (χ1n) is 9.90. The lowest BCUT2D eigenvalue weighted by molar-refractivity contribution is -0.274. The number of benzene rings is 2. The zero-order valence-corrected chi connectivity index (χ0v) is 18.8. The van der Waals surface area contributed by atoms with Gasteiger partial charge in [0.15, 0.2) is 0 Å². The standard InChI is InChI=1S/C21H18F3N7O2S/c1-13-19(14(2)30(27-13)15-6-4-3-5-7-15)25-18(32)12-34-20-26-28-29-31(20)16-8-10-17(11-9-16)33-21(22,23)24/h3-11H,12H2,1-2H3,(H,25,32). The van der Waals surface area contributed by atoms with Crippen LogP contribution in [0.3, 0.4) is 0 Å². The number of aryl methyl sites for hydroxylation is 1. The molecule has 0 radical (unpaired) electrons. The van der Waals surface area contributed by atoms with Crippen LogP contribution < -0.4 is 10.1 Å². The number of anilines is 1. The molecule has 2 heterocycles. The molecule has 0 saturated heterocycles. The van der Waals surface area contributed by atoms with Crippen molar-refractivity contribution in [3.63, 3.8) is 0 Å². The first kappa shape index (κ1) is 23.3. The second kappa shape index (κ2) is 9.55. The van der Waals surface area contributed by atoms with Gasteiger partial charge in [-0.2, -0.15) is 9.78 Å². The molecule has 0 bridgehead atoms. The molecule has 0 atom stereocenters. The predicted octanol–water partition coefficient (Wildman–Crippen LogP) is 4.09. The van der Waals surface area contributed by atoms with Gasteiger partial charge in [-0.05, 0) is 60.7 Å². The van der Waals surface area contributed by atoms with Crippen molar-refractivity contribution in [1.29, 1.82) is 0 Å². The maximum absolute atomic E-state index is 12.6. The Morgan fingerprint density at radius 1 is 1.03 bits per heavy atom. The third-order valence-electron chi connectivity index (χ3n) is 4.64. The fraction of sp³-hybridized carbons (Fsp3) is 0.190. The molecule has 4 rings (SSSR count). The van der Waals surface area contributed by atoms with E-state index in [0.717, 1.165) is 35.3 Å². The van der Waals surface area contributed by atoms with E-state index in [2.05, 4.69) is 30.7 Å². The zero-order valence-electron chi connectivity index (χ0n) is 17.9. The summed E-state index contributed by atoms with van der Waals surface area (Å²) in [4.78, 5) is 12.6. The van der Waals surface area contributed by atoms with Crippen LogP contribution in [-0.4, -0.2) is 48.0 Å². The number of alkyl halides is 3. The summed E-state index contributed by atoms with van der Waals surface area (Å²) in [6.07, 6.45) is -4.78. The van der Waals surface area contributed by atoms with Gasteiger partial charge in [-0.15, -0.1) is 18.3 Å². The van der Waals surface area contributed by atoms with Crippen molar-refractivity contribution in [2.45, 2.75) is 25.4 Å². The highest BCUT2D eigenvalue weighted by molar-refractivity contribution is 7.99. The van der Waals surface area contributed by atoms with E-state index >= 15 is 0 Å². The van der Waals surface area contributed by atoms with Crippen LogP contribution in [0.5, 0.6) is 5.75 Å². The topological polar surface area (TPSA) is 99.8 Å². The molecule has 0 unspecified atom stereocenters. The summed E-state index contributed by atoms with van der Waals surface area (Å²) in [6, 6.07) is 14.6. The lowest BCUT2D eigenvalue weighted by Crippen LogP contribution is -2.17. The summed E-state index contributed by atoms with van der Waals surface area (Å²) in [5.74, 6) is -0.641. The van der Waals surface area contributed by atoms with Crippen molar-refractivity contribution >= 4 is 23.4 Å². The molecule has 2 aromatic carbocycles. The number of nitrogens with zero attached hydrogens (tertiary/aromatic N) is 6. The highest BCUT2D eigenvalue weighted by Crippen LogP contribution is 2.26. The summed E-state index contributed by atoms with van der Waals surface area (Å²) in [7, 11) is 0. The molecule has 176 valence electrons. The van der Waals surface area contributed by atoms with Crippen molar-refractivity contribution in [2.24, 2.45) is 0 Å². The van der Waals surface area contributed by atoms with Crippen LogP contribution in [0, 0.1) is 13.8 Å². The minimum absolute atomic E-state index is 0.00500. The van der Waals surface area contributed by atoms with Crippen molar-refractivity contribution in [2.75, 3.05) is 11.1 Å². The molecule has 9 nitrogen and oxygen atoms in total. The molecule has 0 aliphatic carbocycles. The molecule has 2 aromatic heterocycles. The molecule has 0 aliphatic rings. The third-order valence-corrected chi connectivity index (χ3v) is 5.56. The molecular weight excluding hydrogens is 471 g/mol. The van der Waals surface area contributed by atoms with Crippen molar-refractivity contribution in [3.05, 3.63) is 66.0 Å². The van der Waals surface area contributed by atoms with Gasteiger partial charge in [0.1, 0.15) is 5.75 Å². The Bertz CT molecular complexity index is 1290. The van der Waals surface area contributed by atoms with E-state index < -0.39 is 6.36 Å². The van der Waals surface area contributed by atoms with Crippen LogP contribution in [0.1, 0.15) is 11.4 Å². The van der Waals surface area contributed by atoms with Gasteiger partial charge >= 0.3 is 6.36 Å². The van der Waals surface area contributed by atoms with Gasteiger partial charge in [-0.3, -0.25) is 4.79 Å². The fourth-order valence-corrected chi connectivity index (χ4v) is 3.86. The van der Waals surface area contributed by atoms with Crippen LogP contribution >= 0.6 is 11.8 Å². The van der Waals surface area contributed by atoms with Gasteiger partial charge in [0.2, 0.25) is 11.1 Å². The van der Waals surface area contributed by atoms with E-state index in [1.54, 1.807) is 4.68 Å². The maximum Gasteiger partial charge on any atom is 0.573 e. The molecule has 1 amide bonds. The summed E-state index contributed by atoms with van der Waals surface area (Å²) in [5, 5.41) is 19.0. The minimum atomic E-state index is -4.78. The molecule has 0 saturated carbocycles. The molecule has 4 aromatic rings. The first-order chi connectivity index (χ1) is 16.2.